The van der Waals surface area contributed by atoms with Gasteiger partial charge in [0, 0.05) is 62.4 Å². The predicted octanol–water partition coefficient (Wildman–Crippen LogP) is 13.3. The lowest BCUT2D eigenvalue weighted by molar-refractivity contribution is -0.0273. The highest BCUT2D eigenvalue weighted by Crippen LogP contribution is 2.59. The van der Waals surface area contributed by atoms with Crippen molar-refractivity contribution in [1.29, 1.82) is 0 Å². The van der Waals surface area contributed by atoms with Crippen molar-refractivity contribution >= 4 is 37.2 Å². The molecule has 0 radical (unpaired) electrons. The van der Waals surface area contributed by atoms with Crippen LogP contribution in [0, 0.1) is 58.2 Å². The maximum atomic E-state index is 3.93. The van der Waals surface area contributed by atoms with Gasteiger partial charge in [0.15, 0.2) is 0 Å². The zero-order chi connectivity index (χ0) is 33.2. The molecule has 2 spiro atoms. The van der Waals surface area contributed by atoms with Crippen molar-refractivity contribution in [3.63, 3.8) is 0 Å². The van der Waals surface area contributed by atoms with Gasteiger partial charge in [0.1, 0.15) is 0 Å². The fraction of sp³-hybridized carbons (Fsp3) is 1.00. The van der Waals surface area contributed by atoms with Gasteiger partial charge in [-0.2, -0.15) is 0 Å². The molecule has 0 bridgehead atoms. The molecule has 12 atom stereocenters. The van der Waals surface area contributed by atoms with E-state index in [1.54, 1.807) is 0 Å². The Kier molecular flexibility index (Phi) is 17.3. The van der Waals surface area contributed by atoms with E-state index in [1.807, 2.05) is 0 Å². The molecule has 6 fully saturated rings. The fourth-order valence-corrected chi connectivity index (χ4v) is 13.0. The predicted molar refractivity (Wildman–Crippen MR) is 220 cm³/mol. The number of nitrogens with one attached hydrogen (secondary N) is 2. The molecule has 2 nitrogen and oxygen atoms in total. The van der Waals surface area contributed by atoms with Crippen molar-refractivity contribution in [2.24, 2.45) is 58.2 Å². The summed E-state index contributed by atoms with van der Waals surface area (Å²) in [6, 6.07) is 1.49. The van der Waals surface area contributed by atoms with E-state index in [2.05, 4.69) is 89.4 Å². The van der Waals surface area contributed by atoms with Gasteiger partial charge in [-0.1, -0.05) is 130 Å². The van der Waals surface area contributed by atoms with Gasteiger partial charge < -0.3 is 10.6 Å². The Labute approximate surface area is 311 Å². The maximum Gasteiger partial charge on any atom is 0.00757 e. The molecular formula is C42H78I2N2. The van der Waals surface area contributed by atoms with Crippen LogP contribution in [0.15, 0.2) is 0 Å². The molecule has 0 amide bonds. The van der Waals surface area contributed by atoms with Crippen LogP contribution in [0.5, 0.6) is 0 Å². The Hall–Kier alpha value is 1.38. The molecule has 4 saturated carbocycles. The SMILES string of the molecule is CC1C[C@@H]2CCCCCCCCCCC[C@]23CN[C@@H](C)[C@@H]3[C@@H]1C.CC1C[C@@H]2CCCCCCCCC[C@]23CN[C@@H](C)[C@@H]3[C@@H]1C.II. The standard InChI is InChI=1S/C22H41N.C20H37N.I2/c1-17-15-20-13-11-9-7-5-4-6-8-10-12-14-22(20)16-23-19(3)21(22)18(17)2;1-15-13-18-11-9-7-5-4-6-8-10-12-20(18)14-21-17(3)19(20)16(15)2;1-2/h17-21,23H,4-16H2,1-3H3;15-19,21H,4-14H2,1-3H3;/t17?,18-,19+,20+,21+,22+;15?,16-,17+,18+,19+,20+;/m11./s1. The second-order valence-corrected chi connectivity index (χ2v) is 18.1. The number of hydrogen-bond donors (Lipinski definition) is 2. The highest BCUT2D eigenvalue weighted by molar-refractivity contribution is 15.0. The van der Waals surface area contributed by atoms with Gasteiger partial charge >= 0.3 is 0 Å². The normalized spacial score (nSPS) is 45.9. The van der Waals surface area contributed by atoms with Gasteiger partial charge in [0.05, 0.1) is 0 Å². The summed E-state index contributed by atoms with van der Waals surface area (Å²) in [4.78, 5) is 0. The quantitative estimate of drug-likeness (QED) is 0.237. The first kappa shape index (κ1) is 40.2. The Bertz CT molecular complexity index is 852. The van der Waals surface area contributed by atoms with E-state index >= 15 is 0 Å². The average molecular weight is 865 g/mol. The molecular weight excluding hydrogens is 786 g/mol. The summed E-state index contributed by atoms with van der Waals surface area (Å²) in [6.07, 6.45) is 32.9. The van der Waals surface area contributed by atoms with E-state index in [9.17, 15) is 0 Å². The van der Waals surface area contributed by atoms with Gasteiger partial charge in [-0.25, -0.2) is 0 Å². The Morgan fingerprint density at radius 3 is 1.09 bits per heavy atom. The molecule has 0 aromatic heterocycles. The first-order valence-corrected chi connectivity index (χ1v) is 27.2. The highest BCUT2D eigenvalue weighted by Gasteiger charge is 2.57. The second kappa shape index (κ2) is 19.8. The Morgan fingerprint density at radius 2 is 0.739 bits per heavy atom. The molecule has 270 valence electrons. The molecule has 2 saturated heterocycles. The molecule has 4 aliphatic carbocycles. The first-order chi connectivity index (χ1) is 22.3. The van der Waals surface area contributed by atoms with Gasteiger partial charge in [0.2, 0.25) is 0 Å². The molecule has 0 aromatic carbocycles. The largest absolute Gasteiger partial charge is 0.313 e. The van der Waals surface area contributed by atoms with E-state index in [0.717, 1.165) is 59.4 Å². The third kappa shape index (κ3) is 9.43. The van der Waals surface area contributed by atoms with Crippen LogP contribution < -0.4 is 10.6 Å². The fourth-order valence-electron chi connectivity index (χ4n) is 13.0. The summed E-state index contributed by atoms with van der Waals surface area (Å²) in [5.74, 6) is 7.55. The lowest BCUT2D eigenvalue weighted by atomic mass is 9.52. The van der Waals surface area contributed by atoms with Crippen LogP contribution in [0.25, 0.3) is 0 Å². The van der Waals surface area contributed by atoms with Gasteiger partial charge in [-0.15, -0.1) is 0 Å². The van der Waals surface area contributed by atoms with Gasteiger partial charge in [-0.05, 0) is 111 Å². The maximum absolute atomic E-state index is 3.93. The number of hydrogen-bond acceptors (Lipinski definition) is 2. The zero-order valence-corrected chi connectivity index (χ0v) is 35.8. The minimum absolute atomic E-state index is 0.638. The lowest BCUT2D eigenvalue weighted by Crippen LogP contribution is -2.48. The highest BCUT2D eigenvalue weighted by atomic mass is 128. The molecule has 6 rings (SSSR count). The van der Waals surface area contributed by atoms with Crippen LogP contribution in [0.1, 0.15) is 183 Å². The summed E-state index contributed by atoms with van der Waals surface area (Å²) < 4.78 is 0. The minimum atomic E-state index is 0.638. The van der Waals surface area contributed by atoms with Gasteiger partial charge in [0.25, 0.3) is 0 Å². The van der Waals surface area contributed by atoms with E-state index in [0.29, 0.717) is 10.8 Å². The van der Waals surface area contributed by atoms with Crippen molar-refractivity contribution in [2.75, 3.05) is 13.1 Å². The molecule has 0 aromatic rings. The van der Waals surface area contributed by atoms with Crippen LogP contribution in [-0.4, -0.2) is 25.2 Å². The minimum Gasteiger partial charge on any atom is -0.313 e. The summed E-state index contributed by atoms with van der Waals surface area (Å²) >= 11 is 4.24. The van der Waals surface area contributed by atoms with Crippen LogP contribution in [0.2, 0.25) is 0 Å². The average Bonchev–Trinajstić information content (AvgIpc) is 3.57. The monoisotopic (exact) mass is 864 g/mol. The Balaban J connectivity index is 0.000000199. The van der Waals surface area contributed by atoms with E-state index in [-0.39, 0.29) is 0 Å². The third-order valence-corrected chi connectivity index (χ3v) is 15.7. The summed E-state index contributed by atoms with van der Waals surface area (Å²) in [7, 11) is 0. The summed E-state index contributed by atoms with van der Waals surface area (Å²) in [5, 5.41) is 7.83. The molecule has 2 heterocycles. The molecule has 2 N–H and O–H groups in total. The number of rotatable bonds is 0. The third-order valence-electron chi connectivity index (χ3n) is 15.7. The number of halogens is 2. The molecule has 46 heavy (non-hydrogen) atoms. The van der Waals surface area contributed by atoms with Crippen LogP contribution in [0.3, 0.4) is 0 Å². The molecule has 6 aliphatic rings. The summed E-state index contributed by atoms with van der Waals surface area (Å²) in [6.45, 7) is 17.8. The zero-order valence-electron chi connectivity index (χ0n) is 31.5. The Morgan fingerprint density at radius 1 is 0.435 bits per heavy atom. The summed E-state index contributed by atoms with van der Waals surface area (Å²) in [5.41, 5.74) is 1.29. The topological polar surface area (TPSA) is 24.1 Å². The van der Waals surface area contributed by atoms with E-state index in [4.69, 9.17) is 0 Å². The van der Waals surface area contributed by atoms with Crippen molar-refractivity contribution in [3.05, 3.63) is 0 Å². The lowest BCUT2D eigenvalue weighted by Gasteiger charge is -2.52. The molecule has 2 aliphatic heterocycles. The van der Waals surface area contributed by atoms with Crippen molar-refractivity contribution < 1.29 is 0 Å². The van der Waals surface area contributed by atoms with Crippen molar-refractivity contribution in [2.45, 2.75) is 195 Å². The second-order valence-electron chi connectivity index (χ2n) is 18.1. The van der Waals surface area contributed by atoms with Crippen molar-refractivity contribution in [1.82, 2.24) is 10.6 Å². The van der Waals surface area contributed by atoms with E-state index < -0.39 is 0 Å². The molecule has 4 heteroatoms. The first-order valence-electron chi connectivity index (χ1n) is 20.9. The molecule has 2 unspecified atom stereocenters. The van der Waals surface area contributed by atoms with Crippen LogP contribution >= 0.6 is 37.2 Å². The smallest absolute Gasteiger partial charge is 0.00757 e. The van der Waals surface area contributed by atoms with Crippen LogP contribution in [0.4, 0.5) is 0 Å². The van der Waals surface area contributed by atoms with Gasteiger partial charge in [-0.3, -0.25) is 0 Å². The van der Waals surface area contributed by atoms with Crippen LogP contribution in [-0.2, 0) is 0 Å². The van der Waals surface area contributed by atoms with Crippen molar-refractivity contribution in [3.8, 4) is 0 Å². The van der Waals surface area contributed by atoms with E-state index in [1.165, 1.54) is 154 Å².